The van der Waals surface area contributed by atoms with E-state index in [4.69, 9.17) is 9.84 Å². The smallest absolute Gasteiger partial charge is 0.159 e. The third-order valence-electron chi connectivity index (χ3n) is 0.498. The highest BCUT2D eigenvalue weighted by molar-refractivity contribution is 4.44. The Hall–Kier alpha value is -0.0800. The van der Waals surface area contributed by atoms with E-state index in [0.717, 1.165) is 0 Å². The molecule has 0 saturated heterocycles. The molecule has 0 aliphatic heterocycles. The van der Waals surface area contributed by atoms with E-state index in [2.05, 4.69) is 0 Å². The van der Waals surface area contributed by atoms with Crippen LogP contribution in [0.15, 0.2) is 0 Å². The summed E-state index contributed by atoms with van der Waals surface area (Å²) in [5.74, 6) is -0.950. The van der Waals surface area contributed by atoms with Crippen LogP contribution in [0.1, 0.15) is 28.2 Å². The Labute approximate surface area is 51.5 Å². The fourth-order valence-electron chi connectivity index (χ4n) is 0.353. The van der Waals surface area contributed by atoms with E-state index in [0.29, 0.717) is 6.61 Å². The Bertz CT molecular complexity index is 45.0. The van der Waals surface area contributed by atoms with E-state index in [1.54, 1.807) is 13.8 Å². The fourth-order valence-corrected chi connectivity index (χ4v) is 0.353. The zero-order valence-electron chi connectivity index (χ0n) is 5.06. The van der Waals surface area contributed by atoms with Gasteiger partial charge in [-0.1, -0.05) is 7.43 Å². The molecule has 0 bridgehead atoms. The van der Waals surface area contributed by atoms with Crippen LogP contribution in [0, 0.1) is 0 Å². The van der Waals surface area contributed by atoms with Gasteiger partial charge in [0.15, 0.2) is 5.79 Å². The van der Waals surface area contributed by atoms with Crippen molar-refractivity contribution in [2.45, 2.75) is 34.0 Å². The van der Waals surface area contributed by atoms with Crippen molar-refractivity contribution < 1.29 is 9.84 Å². The summed E-state index contributed by atoms with van der Waals surface area (Å²) in [7, 11) is 0. The van der Waals surface area contributed by atoms with E-state index >= 15 is 0 Å². The van der Waals surface area contributed by atoms with E-state index in [1.165, 1.54) is 0 Å². The van der Waals surface area contributed by atoms with Crippen LogP contribution in [0.3, 0.4) is 0 Å². The topological polar surface area (TPSA) is 29.5 Å². The van der Waals surface area contributed by atoms with Crippen molar-refractivity contribution in [3.05, 3.63) is 0 Å². The highest BCUT2D eigenvalue weighted by Gasteiger charge is 2.08. The molecule has 0 amide bonds. The first kappa shape index (κ1) is 10.8. The average Bonchev–Trinajstić information content (AvgIpc) is 1.30. The number of hydrogen-bond donors (Lipinski definition) is 1. The molecule has 0 unspecified atom stereocenters. The number of rotatable bonds is 2. The average molecular weight is 120 g/mol. The Morgan fingerprint density at radius 2 is 1.88 bits per heavy atom. The second-order valence-electron chi connectivity index (χ2n) is 1.88. The van der Waals surface area contributed by atoms with Gasteiger partial charge >= 0.3 is 0 Å². The zero-order chi connectivity index (χ0) is 5.91. The van der Waals surface area contributed by atoms with Crippen LogP contribution < -0.4 is 0 Å². The molecule has 0 aliphatic carbocycles. The summed E-state index contributed by atoms with van der Waals surface area (Å²) in [6.45, 7) is 5.62. The SMILES string of the molecule is C.CCOC(C)(C)O. The zero-order valence-corrected chi connectivity index (χ0v) is 5.06. The Morgan fingerprint density at radius 1 is 1.50 bits per heavy atom. The van der Waals surface area contributed by atoms with E-state index in [9.17, 15) is 0 Å². The summed E-state index contributed by atoms with van der Waals surface area (Å²) in [5, 5.41) is 8.80. The van der Waals surface area contributed by atoms with Gasteiger partial charge in [0.2, 0.25) is 0 Å². The predicted octanol–water partition coefficient (Wildman–Crippen LogP) is 1.39. The summed E-state index contributed by atoms with van der Waals surface area (Å²) in [6.07, 6.45) is 0. The molecule has 0 aliphatic rings. The van der Waals surface area contributed by atoms with Crippen LogP contribution in [0.5, 0.6) is 0 Å². The molecule has 0 saturated carbocycles. The molecular weight excluding hydrogens is 104 g/mol. The molecule has 0 aromatic carbocycles. The lowest BCUT2D eigenvalue weighted by Gasteiger charge is -2.15. The van der Waals surface area contributed by atoms with Crippen molar-refractivity contribution in [3.63, 3.8) is 0 Å². The quantitative estimate of drug-likeness (QED) is 0.558. The molecule has 52 valence electrons. The maximum atomic E-state index is 8.80. The van der Waals surface area contributed by atoms with Crippen LogP contribution in [0.4, 0.5) is 0 Å². The summed E-state index contributed by atoms with van der Waals surface area (Å²) in [5.41, 5.74) is 0. The third-order valence-corrected chi connectivity index (χ3v) is 0.498. The first-order chi connectivity index (χ1) is 3.06. The Morgan fingerprint density at radius 3 is 1.88 bits per heavy atom. The van der Waals surface area contributed by atoms with Gasteiger partial charge in [0.25, 0.3) is 0 Å². The molecule has 0 fully saturated rings. The Balaban J connectivity index is 0. The van der Waals surface area contributed by atoms with Gasteiger partial charge in [-0.15, -0.1) is 0 Å². The summed E-state index contributed by atoms with van der Waals surface area (Å²) in [6, 6.07) is 0. The van der Waals surface area contributed by atoms with Gasteiger partial charge < -0.3 is 9.84 Å². The van der Waals surface area contributed by atoms with Gasteiger partial charge in [-0.05, 0) is 20.8 Å². The largest absolute Gasteiger partial charge is 0.366 e. The maximum Gasteiger partial charge on any atom is 0.159 e. The molecule has 2 nitrogen and oxygen atoms in total. The lowest BCUT2D eigenvalue weighted by atomic mass is 10.4. The van der Waals surface area contributed by atoms with Crippen LogP contribution in [-0.2, 0) is 4.74 Å². The van der Waals surface area contributed by atoms with Gasteiger partial charge in [0.1, 0.15) is 0 Å². The molecule has 2 heteroatoms. The lowest BCUT2D eigenvalue weighted by molar-refractivity contribution is -0.172. The van der Waals surface area contributed by atoms with Gasteiger partial charge in [0.05, 0.1) is 0 Å². The minimum Gasteiger partial charge on any atom is -0.366 e. The first-order valence-corrected chi connectivity index (χ1v) is 2.42. The Kier molecular flexibility index (Phi) is 5.23. The minimum absolute atomic E-state index is 0. The second-order valence-corrected chi connectivity index (χ2v) is 1.88. The second kappa shape index (κ2) is 3.87. The number of aliphatic hydroxyl groups is 1. The number of hydrogen-bond acceptors (Lipinski definition) is 2. The van der Waals surface area contributed by atoms with Crippen LogP contribution in [0.25, 0.3) is 0 Å². The van der Waals surface area contributed by atoms with Crippen molar-refractivity contribution in [2.24, 2.45) is 0 Å². The van der Waals surface area contributed by atoms with Gasteiger partial charge in [0, 0.05) is 6.61 Å². The van der Waals surface area contributed by atoms with Crippen molar-refractivity contribution in [3.8, 4) is 0 Å². The summed E-state index contributed by atoms with van der Waals surface area (Å²) < 4.78 is 4.78. The van der Waals surface area contributed by atoms with Gasteiger partial charge in [-0.25, -0.2) is 0 Å². The molecule has 0 atom stereocenters. The maximum absolute atomic E-state index is 8.80. The molecule has 0 rings (SSSR count). The van der Waals surface area contributed by atoms with Gasteiger partial charge in [-0.3, -0.25) is 0 Å². The molecule has 0 heterocycles. The van der Waals surface area contributed by atoms with E-state index in [1.807, 2.05) is 6.92 Å². The van der Waals surface area contributed by atoms with Crippen molar-refractivity contribution in [1.82, 2.24) is 0 Å². The molecule has 1 N–H and O–H groups in total. The van der Waals surface area contributed by atoms with Gasteiger partial charge in [-0.2, -0.15) is 0 Å². The fraction of sp³-hybridized carbons (Fsp3) is 1.00. The summed E-state index contributed by atoms with van der Waals surface area (Å²) in [4.78, 5) is 0. The van der Waals surface area contributed by atoms with E-state index in [-0.39, 0.29) is 7.43 Å². The van der Waals surface area contributed by atoms with Crippen LogP contribution >= 0.6 is 0 Å². The van der Waals surface area contributed by atoms with Crippen molar-refractivity contribution in [1.29, 1.82) is 0 Å². The molecule has 0 aromatic rings. The van der Waals surface area contributed by atoms with Crippen molar-refractivity contribution in [2.75, 3.05) is 6.61 Å². The molecule has 0 aromatic heterocycles. The molecule has 0 radical (unpaired) electrons. The van der Waals surface area contributed by atoms with Crippen LogP contribution in [-0.4, -0.2) is 17.5 Å². The van der Waals surface area contributed by atoms with E-state index < -0.39 is 5.79 Å². The minimum atomic E-state index is -0.950. The molecule has 0 spiro atoms. The van der Waals surface area contributed by atoms with Crippen molar-refractivity contribution >= 4 is 0 Å². The molecule has 8 heavy (non-hydrogen) atoms. The highest BCUT2D eigenvalue weighted by atomic mass is 16.6. The molecular formula is C6H16O2. The number of ether oxygens (including phenoxy) is 1. The summed E-state index contributed by atoms with van der Waals surface area (Å²) >= 11 is 0. The monoisotopic (exact) mass is 120 g/mol. The lowest BCUT2D eigenvalue weighted by Crippen LogP contribution is -2.22. The first-order valence-electron chi connectivity index (χ1n) is 2.42. The standard InChI is InChI=1S/C5H12O2.CH4/c1-4-7-5(2,3)6;/h6H,4H2,1-3H3;1H4. The van der Waals surface area contributed by atoms with Crippen LogP contribution in [0.2, 0.25) is 0 Å². The third kappa shape index (κ3) is 9.33. The highest BCUT2D eigenvalue weighted by Crippen LogP contribution is 2.00. The normalized spacial score (nSPS) is 10.5. The predicted molar refractivity (Wildman–Crippen MR) is 34.7 cm³/mol.